The summed E-state index contributed by atoms with van der Waals surface area (Å²) in [6, 6.07) is 11.4. The van der Waals surface area contributed by atoms with Gasteiger partial charge in [-0.3, -0.25) is 14.4 Å². The Morgan fingerprint density at radius 2 is 2.00 bits per heavy atom. The van der Waals surface area contributed by atoms with Gasteiger partial charge in [-0.2, -0.15) is 0 Å². The number of imide groups is 1. The van der Waals surface area contributed by atoms with E-state index in [-0.39, 0.29) is 18.1 Å². The van der Waals surface area contributed by atoms with E-state index in [1.54, 1.807) is 37.3 Å². The molecule has 1 aliphatic rings. The minimum atomic E-state index is -0.806. The van der Waals surface area contributed by atoms with Crippen molar-refractivity contribution in [2.24, 2.45) is 0 Å². The van der Waals surface area contributed by atoms with Crippen LogP contribution in [0.1, 0.15) is 18.9 Å². The van der Waals surface area contributed by atoms with E-state index >= 15 is 0 Å². The second-order valence-electron chi connectivity index (χ2n) is 6.20. The highest BCUT2D eigenvalue weighted by Gasteiger charge is 2.42. The van der Waals surface area contributed by atoms with Crippen LogP contribution in [0.3, 0.4) is 0 Å². The predicted molar refractivity (Wildman–Crippen MR) is 108 cm³/mol. The molecule has 3 amide bonds. The lowest BCUT2D eigenvalue weighted by Crippen LogP contribution is -2.33. The molecular formula is C20H20N2O5S. The Morgan fingerprint density at radius 1 is 1.25 bits per heavy atom. The molecule has 0 saturated carbocycles. The molecule has 28 heavy (non-hydrogen) atoms. The van der Waals surface area contributed by atoms with E-state index in [2.05, 4.69) is 5.32 Å². The highest BCUT2D eigenvalue weighted by molar-refractivity contribution is 8.15. The van der Waals surface area contributed by atoms with Crippen LogP contribution >= 0.6 is 11.8 Å². The molecule has 2 aromatic rings. The number of phenolic OH excluding ortho intramolecular Hbond substituents is 1. The first-order chi connectivity index (χ1) is 13.4. The lowest BCUT2D eigenvalue weighted by molar-refractivity contribution is -0.121. The van der Waals surface area contributed by atoms with Gasteiger partial charge in [0, 0.05) is 12.1 Å². The van der Waals surface area contributed by atoms with Crippen molar-refractivity contribution in [3.05, 3.63) is 48.0 Å². The maximum Gasteiger partial charge on any atom is 0.293 e. The third kappa shape index (κ3) is 4.12. The van der Waals surface area contributed by atoms with Crippen LogP contribution in [0.4, 0.5) is 16.2 Å². The summed E-state index contributed by atoms with van der Waals surface area (Å²) >= 11 is 0.830. The summed E-state index contributed by atoms with van der Waals surface area (Å²) in [5, 5.41) is 10.9. The molecule has 8 heteroatoms. The van der Waals surface area contributed by atoms with Crippen LogP contribution in [-0.4, -0.2) is 34.0 Å². The topological polar surface area (TPSA) is 95.9 Å². The van der Waals surface area contributed by atoms with Crippen LogP contribution in [0.25, 0.3) is 0 Å². The largest absolute Gasteiger partial charge is 0.508 e. The third-order valence-corrected chi connectivity index (χ3v) is 5.22. The van der Waals surface area contributed by atoms with Crippen LogP contribution in [0.15, 0.2) is 42.5 Å². The zero-order valence-corrected chi connectivity index (χ0v) is 16.3. The number of thioether (sulfide) groups is 1. The van der Waals surface area contributed by atoms with Gasteiger partial charge in [0.15, 0.2) is 0 Å². The minimum absolute atomic E-state index is 0.103. The monoisotopic (exact) mass is 400 g/mol. The number of anilines is 2. The number of para-hydroxylation sites is 2. The molecule has 1 atom stereocenters. The van der Waals surface area contributed by atoms with Gasteiger partial charge in [-0.05, 0) is 61.5 Å². The number of amides is 3. The van der Waals surface area contributed by atoms with Gasteiger partial charge in [0.1, 0.15) is 16.7 Å². The molecule has 3 rings (SSSR count). The molecule has 0 aliphatic carbocycles. The van der Waals surface area contributed by atoms with E-state index in [1.807, 2.05) is 6.92 Å². The van der Waals surface area contributed by atoms with Gasteiger partial charge in [-0.15, -0.1) is 0 Å². The second-order valence-corrected chi connectivity index (χ2v) is 7.35. The van der Waals surface area contributed by atoms with Crippen molar-refractivity contribution in [2.75, 3.05) is 16.8 Å². The van der Waals surface area contributed by atoms with Crippen LogP contribution in [0.5, 0.6) is 11.5 Å². The Morgan fingerprint density at radius 3 is 2.71 bits per heavy atom. The molecule has 0 aromatic heterocycles. The summed E-state index contributed by atoms with van der Waals surface area (Å²) in [5.74, 6) is -0.282. The molecule has 146 valence electrons. The van der Waals surface area contributed by atoms with Crippen LogP contribution < -0.4 is 15.0 Å². The average molecular weight is 400 g/mol. The first-order valence-electron chi connectivity index (χ1n) is 8.76. The molecule has 0 spiro atoms. The fourth-order valence-corrected chi connectivity index (χ4v) is 3.86. The number of hydrogen-bond acceptors (Lipinski definition) is 6. The summed E-state index contributed by atoms with van der Waals surface area (Å²) in [6.07, 6.45) is -0.136. The number of carbonyl (C=O) groups is 3. The minimum Gasteiger partial charge on any atom is -0.508 e. The van der Waals surface area contributed by atoms with Crippen molar-refractivity contribution in [2.45, 2.75) is 25.5 Å². The fraction of sp³-hybridized carbons (Fsp3) is 0.250. The molecule has 1 saturated heterocycles. The number of nitrogens with one attached hydrogen (secondary N) is 1. The molecule has 2 N–H and O–H groups in total. The van der Waals surface area contributed by atoms with Crippen molar-refractivity contribution >= 4 is 40.2 Å². The van der Waals surface area contributed by atoms with Gasteiger partial charge in [-0.25, -0.2) is 4.90 Å². The first-order valence-corrected chi connectivity index (χ1v) is 9.64. The van der Waals surface area contributed by atoms with E-state index in [0.29, 0.717) is 29.3 Å². The van der Waals surface area contributed by atoms with Crippen molar-refractivity contribution in [1.82, 2.24) is 0 Å². The Labute approximate surface area is 166 Å². The molecule has 2 aromatic carbocycles. The molecule has 1 fully saturated rings. The molecule has 0 bridgehead atoms. The zero-order chi connectivity index (χ0) is 20.3. The van der Waals surface area contributed by atoms with Crippen LogP contribution in [0, 0.1) is 6.92 Å². The third-order valence-electron chi connectivity index (χ3n) is 4.18. The standard InChI is InChI=1S/C20H20N2O5S/c1-3-27-16-7-5-4-6-15(16)22-19(25)17(28-20(22)26)11-18(24)21-14-9-8-13(23)10-12(14)2/h4-10,17,23H,3,11H2,1-2H3,(H,21,24). The maximum atomic E-state index is 12.8. The number of rotatable bonds is 6. The normalized spacial score (nSPS) is 16.4. The van der Waals surface area contributed by atoms with Crippen molar-refractivity contribution in [1.29, 1.82) is 0 Å². The Hall–Kier alpha value is -3.00. The van der Waals surface area contributed by atoms with Crippen molar-refractivity contribution in [3.8, 4) is 11.5 Å². The van der Waals surface area contributed by atoms with E-state index in [9.17, 15) is 19.5 Å². The van der Waals surface area contributed by atoms with Gasteiger partial charge in [0.25, 0.3) is 5.24 Å². The number of aromatic hydroxyl groups is 1. The van der Waals surface area contributed by atoms with Gasteiger partial charge in [-0.1, -0.05) is 12.1 Å². The number of phenols is 1. The van der Waals surface area contributed by atoms with Crippen molar-refractivity contribution in [3.63, 3.8) is 0 Å². The number of ether oxygens (including phenoxy) is 1. The second kappa shape index (κ2) is 8.35. The van der Waals surface area contributed by atoms with E-state index < -0.39 is 16.4 Å². The van der Waals surface area contributed by atoms with Gasteiger partial charge in [0.2, 0.25) is 11.8 Å². The van der Waals surface area contributed by atoms with Gasteiger partial charge >= 0.3 is 0 Å². The number of carbonyl (C=O) groups excluding carboxylic acids is 3. The number of aryl methyl sites for hydroxylation is 1. The van der Waals surface area contributed by atoms with Crippen molar-refractivity contribution < 1.29 is 24.2 Å². The maximum absolute atomic E-state index is 12.8. The summed E-state index contributed by atoms with van der Waals surface area (Å²) in [7, 11) is 0. The summed E-state index contributed by atoms with van der Waals surface area (Å²) in [4.78, 5) is 38.7. The quantitative estimate of drug-likeness (QED) is 0.718. The Balaban J connectivity index is 1.72. The van der Waals surface area contributed by atoms with E-state index in [1.165, 1.54) is 12.1 Å². The Kier molecular flexibility index (Phi) is 5.89. The number of hydrogen-bond donors (Lipinski definition) is 2. The van der Waals surface area contributed by atoms with Crippen LogP contribution in [-0.2, 0) is 9.59 Å². The molecular weight excluding hydrogens is 380 g/mol. The summed E-state index contributed by atoms with van der Waals surface area (Å²) < 4.78 is 5.51. The molecule has 1 heterocycles. The van der Waals surface area contributed by atoms with E-state index in [0.717, 1.165) is 16.7 Å². The van der Waals surface area contributed by atoms with Gasteiger partial charge < -0.3 is 15.2 Å². The molecule has 0 radical (unpaired) electrons. The lowest BCUT2D eigenvalue weighted by Gasteiger charge is -2.17. The molecule has 7 nitrogen and oxygen atoms in total. The SMILES string of the molecule is CCOc1ccccc1N1C(=O)SC(CC(=O)Nc2ccc(O)cc2C)C1=O. The smallest absolute Gasteiger partial charge is 0.293 e. The summed E-state index contributed by atoms with van der Waals surface area (Å²) in [6.45, 7) is 3.97. The Bertz CT molecular complexity index is 931. The first kappa shape index (κ1) is 19.8. The number of nitrogens with zero attached hydrogens (tertiary/aromatic N) is 1. The highest BCUT2D eigenvalue weighted by atomic mass is 32.2. The average Bonchev–Trinajstić information content (AvgIpc) is 2.92. The number of benzene rings is 2. The van der Waals surface area contributed by atoms with E-state index in [4.69, 9.17) is 4.74 Å². The fourth-order valence-electron chi connectivity index (χ4n) is 2.88. The van der Waals surface area contributed by atoms with Crippen LogP contribution in [0.2, 0.25) is 0 Å². The summed E-state index contributed by atoms with van der Waals surface area (Å²) in [5.41, 5.74) is 1.62. The zero-order valence-electron chi connectivity index (χ0n) is 15.5. The highest BCUT2D eigenvalue weighted by Crippen LogP contribution is 2.38. The lowest BCUT2D eigenvalue weighted by atomic mass is 10.1. The predicted octanol–water partition coefficient (Wildman–Crippen LogP) is 3.70. The molecule has 1 unspecified atom stereocenters. The molecule has 1 aliphatic heterocycles. The van der Waals surface area contributed by atoms with Gasteiger partial charge in [0.05, 0.1) is 12.3 Å².